The van der Waals surface area contributed by atoms with E-state index < -0.39 is 6.04 Å². The summed E-state index contributed by atoms with van der Waals surface area (Å²) in [6.07, 6.45) is 3.17. The average molecular weight is 453 g/mol. The fraction of sp³-hybridized carbons (Fsp3) is 0.500. The summed E-state index contributed by atoms with van der Waals surface area (Å²) in [7, 11) is 0. The molecule has 5 heteroatoms. The van der Waals surface area contributed by atoms with Crippen molar-refractivity contribution in [2.45, 2.75) is 71.8 Å². The molecule has 0 spiro atoms. The first-order valence-electron chi connectivity index (χ1n) is 12.1. The third-order valence-corrected chi connectivity index (χ3v) is 5.75. The molecule has 5 nitrogen and oxygen atoms in total. The SMILES string of the molecule is CCCCNC(=O)[C@H](CC)N(CCc1ccccc1)C(=O)COc1ccccc1C(C)(C)C. The minimum Gasteiger partial charge on any atom is -0.483 e. The lowest BCUT2D eigenvalue weighted by Crippen LogP contribution is -2.51. The molecule has 1 N–H and O–H groups in total. The second kappa shape index (κ2) is 13.0. The number of carbonyl (C=O) groups excluding carboxylic acids is 2. The monoisotopic (exact) mass is 452 g/mol. The zero-order chi connectivity index (χ0) is 24.3. The number of hydrogen-bond donors (Lipinski definition) is 1. The molecule has 2 amide bonds. The highest BCUT2D eigenvalue weighted by molar-refractivity contribution is 5.88. The predicted octanol–water partition coefficient (Wildman–Crippen LogP) is 5.13. The number of ether oxygens (including phenoxy) is 1. The highest BCUT2D eigenvalue weighted by atomic mass is 16.5. The van der Waals surface area contributed by atoms with E-state index in [9.17, 15) is 9.59 Å². The lowest BCUT2D eigenvalue weighted by molar-refractivity contribution is -0.142. The van der Waals surface area contributed by atoms with E-state index in [1.165, 1.54) is 0 Å². The van der Waals surface area contributed by atoms with Crippen LogP contribution in [0.3, 0.4) is 0 Å². The molecule has 0 bridgehead atoms. The number of hydrogen-bond acceptors (Lipinski definition) is 3. The van der Waals surface area contributed by atoms with Crippen molar-refractivity contribution >= 4 is 11.8 Å². The summed E-state index contributed by atoms with van der Waals surface area (Å²) in [5.74, 6) is 0.441. The summed E-state index contributed by atoms with van der Waals surface area (Å²) in [6.45, 7) is 11.4. The predicted molar refractivity (Wildman–Crippen MR) is 134 cm³/mol. The third-order valence-electron chi connectivity index (χ3n) is 5.75. The second-order valence-electron chi connectivity index (χ2n) is 9.43. The minimum absolute atomic E-state index is 0.0950. The van der Waals surface area contributed by atoms with Gasteiger partial charge in [-0.25, -0.2) is 0 Å². The van der Waals surface area contributed by atoms with Crippen LogP contribution in [0.25, 0.3) is 0 Å². The number of amides is 2. The molecule has 0 heterocycles. The van der Waals surface area contributed by atoms with Gasteiger partial charge >= 0.3 is 0 Å². The Labute approximate surface area is 199 Å². The van der Waals surface area contributed by atoms with E-state index in [1.54, 1.807) is 4.90 Å². The Bertz CT molecular complexity index is 874. The Hall–Kier alpha value is -2.82. The maximum absolute atomic E-state index is 13.4. The smallest absolute Gasteiger partial charge is 0.261 e. The van der Waals surface area contributed by atoms with Crippen LogP contribution in [0.1, 0.15) is 65.0 Å². The fourth-order valence-corrected chi connectivity index (χ4v) is 3.84. The lowest BCUT2D eigenvalue weighted by Gasteiger charge is -2.31. The van der Waals surface area contributed by atoms with E-state index in [0.29, 0.717) is 31.7 Å². The Morgan fingerprint density at radius 2 is 1.67 bits per heavy atom. The van der Waals surface area contributed by atoms with Crippen molar-refractivity contribution in [3.63, 3.8) is 0 Å². The van der Waals surface area contributed by atoms with Crippen molar-refractivity contribution in [1.82, 2.24) is 10.2 Å². The van der Waals surface area contributed by atoms with Gasteiger partial charge in [-0.05, 0) is 41.9 Å². The van der Waals surface area contributed by atoms with Crippen LogP contribution in [0.2, 0.25) is 0 Å². The molecular formula is C28H40N2O3. The van der Waals surface area contributed by atoms with Gasteiger partial charge in [0.1, 0.15) is 11.8 Å². The molecule has 0 saturated heterocycles. The summed E-state index contributed by atoms with van der Waals surface area (Å²) in [5.41, 5.74) is 2.09. The molecule has 0 radical (unpaired) electrons. The van der Waals surface area contributed by atoms with Crippen molar-refractivity contribution in [2.24, 2.45) is 0 Å². The van der Waals surface area contributed by atoms with Gasteiger partial charge in [-0.1, -0.05) is 89.6 Å². The number of benzene rings is 2. The molecule has 0 aliphatic rings. The Balaban J connectivity index is 2.17. The van der Waals surface area contributed by atoms with E-state index in [2.05, 4.69) is 33.0 Å². The van der Waals surface area contributed by atoms with Gasteiger partial charge in [0, 0.05) is 13.1 Å². The van der Waals surface area contributed by atoms with E-state index in [-0.39, 0.29) is 23.8 Å². The largest absolute Gasteiger partial charge is 0.483 e. The van der Waals surface area contributed by atoms with E-state index in [0.717, 1.165) is 24.0 Å². The first-order chi connectivity index (χ1) is 15.8. The number of unbranched alkanes of at least 4 members (excludes halogenated alkanes) is 1. The van der Waals surface area contributed by atoms with Gasteiger partial charge in [-0.2, -0.15) is 0 Å². The number of nitrogens with zero attached hydrogens (tertiary/aromatic N) is 1. The molecule has 0 saturated carbocycles. The number of nitrogens with one attached hydrogen (secondary N) is 1. The number of rotatable bonds is 12. The van der Waals surface area contributed by atoms with Crippen LogP contribution in [-0.2, 0) is 21.4 Å². The highest BCUT2D eigenvalue weighted by Gasteiger charge is 2.29. The van der Waals surface area contributed by atoms with Gasteiger partial charge in [0.25, 0.3) is 5.91 Å². The zero-order valence-electron chi connectivity index (χ0n) is 20.9. The van der Waals surface area contributed by atoms with Crippen LogP contribution in [-0.4, -0.2) is 42.5 Å². The van der Waals surface area contributed by atoms with Crippen LogP contribution >= 0.6 is 0 Å². The maximum Gasteiger partial charge on any atom is 0.261 e. The molecule has 2 aromatic carbocycles. The first-order valence-corrected chi connectivity index (χ1v) is 12.1. The standard InChI is InChI=1S/C28H40N2O3/c1-6-8-19-29-27(32)24(7-2)30(20-18-22-14-10-9-11-15-22)26(31)21-33-25-17-13-12-16-23(25)28(3,4)5/h9-17,24H,6-8,18-21H2,1-5H3,(H,29,32)/t24-/m0/s1. The Morgan fingerprint density at radius 3 is 2.30 bits per heavy atom. The molecule has 180 valence electrons. The van der Waals surface area contributed by atoms with Gasteiger partial charge in [0.2, 0.25) is 5.91 Å². The van der Waals surface area contributed by atoms with Crippen molar-refractivity contribution in [3.05, 3.63) is 65.7 Å². The van der Waals surface area contributed by atoms with Gasteiger partial charge in [0.15, 0.2) is 6.61 Å². The van der Waals surface area contributed by atoms with Crippen molar-refractivity contribution in [2.75, 3.05) is 19.7 Å². The van der Waals surface area contributed by atoms with Gasteiger partial charge < -0.3 is 15.0 Å². The molecule has 0 aliphatic heterocycles. The summed E-state index contributed by atoms with van der Waals surface area (Å²) < 4.78 is 6.01. The third kappa shape index (κ3) is 8.23. The van der Waals surface area contributed by atoms with Crippen LogP contribution in [0.5, 0.6) is 5.75 Å². The van der Waals surface area contributed by atoms with Crippen LogP contribution < -0.4 is 10.1 Å². The number of carbonyl (C=O) groups is 2. The fourth-order valence-electron chi connectivity index (χ4n) is 3.84. The molecule has 0 unspecified atom stereocenters. The van der Waals surface area contributed by atoms with Crippen LogP contribution in [0.4, 0.5) is 0 Å². The average Bonchev–Trinajstić information content (AvgIpc) is 2.80. The molecule has 0 aliphatic carbocycles. The quantitative estimate of drug-likeness (QED) is 0.454. The summed E-state index contributed by atoms with van der Waals surface area (Å²) in [6, 6.07) is 17.4. The molecule has 1 atom stereocenters. The molecule has 33 heavy (non-hydrogen) atoms. The van der Waals surface area contributed by atoms with E-state index in [1.807, 2.05) is 61.5 Å². The molecule has 2 aromatic rings. The maximum atomic E-state index is 13.4. The van der Waals surface area contributed by atoms with Crippen LogP contribution in [0, 0.1) is 0 Å². The highest BCUT2D eigenvalue weighted by Crippen LogP contribution is 2.31. The van der Waals surface area contributed by atoms with Crippen molar-refractivity contribution in [3.8, 4) is 5.75 Å². The molecule has 2 rings (SSSR count). The summed E-state index contributed by atoms with van der Waals surface area (Å²) in [5, 5.41) is 3.00. The minimum atomic E-state index is -0.514. The Kier molecular flexibility index (Phi) is 10.4. The molecule has 0 aromatic heterocycles. The lowest BCUT2D eigenvalue weighted by atomic mass is 9.86. The van der Waals surface area contributed by atoms with E-state index in [4.69, 9.17) is 4.74 Å². The first kappa shape index (κ1) is 26.4. The van der Waals surface area contributed by atoms with Crippen LogP contribution in [0.15, 0.2) is 54.6 Å². The van der Waals surface area contributed by atoms with Crippen molar-refractivity contribution in [1.29, 1.82) is 0 Å². The Morgan fingerprint density at radius 1 is 1.00 bits per heavy atom. The number of para-hydroxylation sites is 1. The molecular weight excluding hydrogens is 412 g/mol. The zero-order valence-corrected chi connectivity index (χ0v) is 20.9. The molecule has 0 fully saturated rings. The van der Waals surface area contributed by atoms with Gasteiger partial charge in [-0.15, -0.1) is 0 Å². The topological polar surface area (TPSA) is 58.6 Å². The second-order valence-corrected chi connectivity index (χ2v) is 9.43. The summed E-state index contributed by atoms with van der Waals surface area (Å²) in [4.78, 5) is 28.0. The van der Waals surface area contributed by atoms with Gasteiger partial charge in [-0.3, -0.25) is 9.59 Å². The normalized spacial score (nSPS) is 12.2. The summed E-state index contributed by atoms with van der Waals surface area (Å²) >= 11 is 0. The van der Waals surface area contributed by atoms with Gasteiger partial charge in [0.05, 0.1) is 0 Å². The van der Waals surface area contributed by atoms with Crippen molar-refractivity contribution < 1.29 is 14.3 Å². The van der Waals surface area contributed by atoms with E-state index >= 15 is 0 Å².